The summed E-state index contributed by atoms with van der Waals surface area (Å²) in [4.78, 5) is 10.3. The van der Waals surface area contributed by atoms with Gasteiger partial charge < -0.3 is 0 Å². The largest absolute Gasteiger partial charge is 0.420 e. The van der Waals surface area contributed by atoms with Gasteiger partial charge in [0.15, 0.2) is 0 Å². The van der Waals surface area contributed by atoms with Gasteiger partial charge in [-0.2, -0.15) is 26.3 Å². The molecule has 0 heterocycles. The van der Waals surface area contributed by atoms with Gasteiger partial charge in [0.1, 0.15) is 0 Å². The molecule has 0 atom stereocenters. The molecule has 0 fully saturated rings. The van der Waals surface area contributed by atoms with Crippen LogP contribution in [0.4, 0.5) is 26.3 Å². The summed E-state index contributed by atoms with van der Waals surface area (Å²) in [5, 5.41) is 0. The fraction of sp³-hybridized carbons (Fsp3) is 0.750. The van der Waals surface area contributed by atoms with Gasteiger partial charge in [-0.05, 0) is 0 Å². The number of carbonyl (C=O) groups excluding carboxylic acids is 1. The van der Waals surface area contributed by atoms with Gasteiger partial charge in [0.25, 0.3) is 4.32 Å². The Bertz CT molecular complexity index is 206. The van der Waals surface area contributed by atoms with E-state index in [0.29, 0.717) is 22.6 Å². The number of carbonyl (C=O) groups is 1. The van der Waals surface area contributed by atoms with Crippen molar-refractivity contribution >= 4 is 42.3 Å². The quantitative estimate of drug-likeness (QED) is 0.294. The fourth-order valence-electron chi connectivity index (χ4n) is 0.384. The summed E-state index contributed by atoms with van der Waals surface area (Å²) in [6.07, 6.45) is -11.4. The van der Waals surface area contributed by atoms with E-state index in [4.69, 9.17) is 0 Å². The van der Waals surface area contributed by atoms with Gasteiger partial charge in [-0.15, -0.1) is 0 Å². The van der Waals surface area contributed by atoms with E-state index in [1.165, 1.54) is 15.9 Å². The minimum absolute atomic E-state index is 0.446. The van der Waals surface area contributed by atoms with Crippen LogP contribution in [-0.4, -0.2) is 20.5 Å². The van der Waals surface area contributed by atoms with Crippen molar-refractivity contribution in [2.45, 2.75) is 16.7 Å². The molecule has 0 N–H and O–H groups in total. The molecule has 0 aromatic carbocycles. The molecule has 0 saturated heterocycles. The van der Waals surface area contributed by atoms with Gasteiger partial charge in [0.2, 0.25) is 3.79 Å². The molecule has 0 unspecified atom stereocenters. The average molecular weight is 385 g/mol. The van der Waals surface area contributed by atoms with Crippen LogP contribution in [0.15, 0.2) is 0 Å². The van der Waals surface area contributed by atoms with Crippen molar-refractivity contribution in [3.63, 3.8) is 0 Å². The highest BCUT2D eigenvalue weighted by Gasteiger charge is 2.73. The number of halogens is 8. The molecule has 0 radical (unpaired) electrons. The highest BCUT2D eigenvalue weighted by Crippen LogP contribution is 2.50. The van der Waals surface area contributed by atoms with Crippen molar-refractivity contribution in [1.82, 2.24) is 0 Å². The zero-order chi connectivity index (χ0) is 11.1. The van der Waals surface area contributed by atoms with Gasteiger partial charge in [-0.1, -0.05) is 15.9 Å². The summed E-state index contributed by atoms with van der Waals surface area (Å²) in [7, 11) is 0. The van der Waals surface area contributed by atoms with E-state index in [1.54, 1.807) is 0 Å². The smallest absolute Gasteiger partial charge is 0.285 e. The lowest BCUT2D eigenvalue weighted by Gasteiger charge is -2.28. The molecule has 0 spiro atoms. The predicted octanol–water partition coefficient (Wildman–Crippen LogP) is 3.21. The number of rotatable bonds is 1. The van der Waals surface area contributed by atoms with Crippen molar-refractivity contribution < 1.29 is 31.1 Å². The SMILES string of the molecule is O=C(I)C(Br)(C(F)(F)F)C(F)(F)F. The predicted molar refractivity (Wildman–Crippen MR) is 42.8 cm³/mol. The van der Waals surface area contributed by atoms with Gasteiger partial charge in [0.05, 0.1) is 0 Å². The van der Waals surface area contributed by atoms with Crippen molar-refractivity contribution in [3.05, 3.63) is 0 Å². The Morgan fingerprint density at radius 3 is 1.23 bits per heavy atom. The van der Waals surface area contributed by atoms with E-state index in [0.717, 1.165) is 0 Å². The second kappa shape index (κ2) is 3.55. The Morgan fingerprint density at radius 1 is 1.00 bits per heavy atom. The third kappa shape index (κ3) is 2.28. The third-order valence-corrected chi connectivity index (χ3v) is 3.86. The molecular weight excluding hydrogens is 385 g/mol. The maximum Gasteiger partial charge on any atom is 0.420 e. The summed E-state index contributed by atoms with van der Waals surface area (Å²) in [6.45, 7) is 0. The Kier molecular flexibility index (Phi) is 3.68. The highest BCUT2D eigenvalue weighted by molar-refractivity contribution is 14.1. The van der Waals surface area contributed by atoms with Gasteiger partial charge in [0, 0.05) is 22.6 Å². The molecule has 0 aliphatic heterocycles. The van der Waals surface area contributed by atoms with Crippen LogP contribution in [0, 0.1) is 0 Å². The Hall–Kier alpha value is 0.460. The molecule has 0 amide bonds. The van der Waals surface area contributed by atoms with Crippen LogP contribution in [0.5, 0.6) is 0 Å². The van der Waals surface area contributed by atoms with E-state index in [-0.39, 0.29) is 0 Å². The summed E-state index contributed by atoms with van der Waals surface area (Å²) >= 11 is 1.83. The molecule has 1 nitrogen and oxygen atoms in total. The van der Waals surface area contributed by atoms with Crippen LogP contribution < -0.4 is 0 Å². The Morgan fingerprint density at radius 2 is 1.23 bits per heavy atom. The summed E-state index contributed by atoms with van der Waals surface area (Å²) in [6, 6.07) is 0. The Balaban J connectivity index is 5.35. The Labute approximate surface area is 90.1 Å². The molecule has 0 aliphatic carbocycles. The minimum Gasteiger partial charge on any atom is -0.285 e. The maximum atomic E-state index is 11.9. The zero-order valence-electron chi connectivity index (χ0n) is 5.43. The van der Waals surface area contributed by atoms with Crippen LogP contribution >= 0.6 is 38.5 Å². The molecule has 0 rings (SSSR count). The van der Waals surface area contributed by atoms with Crippen molar-refractivity contribution in [2.75, 3.05) is 0 Å². The normalized spacial score (nSPS) is 14.5. The second-order valence-corrected chi connectivity index (χ2v) is 4.10. The molecule has 0 aromatic rings. The molecule has 0 saturated carbocycles. The first kappa shape index (κ1) is 13.5. The summed E-state index contributed by atoms with van der Waals surface area (Å²) < 4.78 is 64.6. The van der Waals surface area contributed by atoms with Crippen molar-refractivity contribution in [3.8, 4) is 0 Å². The van der Waals surface area contributed by atoms with E-state index in [1.807, 2.05) is 0 Å². The monoisotopic (exact) mass is 384 g/mol. The standard InChI is InChI=1S/C4BrF6IO/c5-2(1(12)13,3(6,7)8)4(9,10)11. The van der Waals surface area contributed by atoms with Crippen molar-refractivity contribution in [1.29, 1.82) is 0 Å². The molecule has 78 valence electrons. The highest BCUT2D eigenvalue weighted by atomic mass is 127. The van der Waals surface area contributed by atoms with Crippen LogP contribution in [-0.2, 0) is 4.79 Å². The first-order valence-electron chi connectivity index (χ1n) is 2.47. The zero-order valence-corrected chi connectivity index (χ0v) is 9.18. The van der Waals surface area contributed by atoms with Gasteiger partial charge in [-0.25, -0.2) is 0 Å². The molecule has 13 heavy (non-hydrogen) atoms. The van der Waals surface area contributed by atoms with E-state index < -0.39 is 20.5 Å². The lowest BCUT2D eigenvalue weighted by molar-refractivity contribution is -0.250. The van der Waals surface area contributed by atoms with Crippen molar-refractivity contribution in [2.24, 2.45) is 0 Å². The topological polar surface area (TPSA) is 17.1 Å². The molecular formula is C4BrF6IO. The third-order valence-electron chi connectivity index (χ3n) is 1.05. The van der Waals surface area contributed by atoms with E-state index in [2.05, 4.69) is 0 Å². The first-order valence-corrected chi connectivity index (χ1v) is 4.34. The lowest BCUT2D eigenvalue weighted by Crippen LogP contribution is -2.55. The first-order chi connectivity index (χ1) is 5.44. The molecule has 9 heteroatoms. The van der Waals surface area contributed by atoms with Crippen LogP contribution in [0.3, 0.4) is 0 Å². The minimum atomic E-state index is -5.70. The number of hydrogen-bond donors (Lipinski definition) is 0. The summed E-state index contributed by atoms with van der Waals surface area (Å²) in [5.41, 5.74) is 0. The number of hydrogen-bond acceptors (Lipinski definition) is 1. The maximum absolute atomic E-state index is 11.9. The number of alkyl halides is 7. The fourth-order valence-corrected chi connectivity index (χ4v) is 0.995. The van der Waals surface area contributed by atoms with Gasteiger partial charge >= 0.3 is 12.4 Å². The average Bonchev–Trinajstić information content (AvgIpc) is 1.80. The lowest BCUT2D eigenvalue weighted by atomic mass is 10.1. The molecule has 0 aliphatic rings. The summed E-state index contributed by atoms with van der Waals surface area (Å²) in [5.74, 6) is 0. The van der Waals surface area contributed by atoms with E-state index >= 15 is 0 Å². The molecule has 0 aromatic heterocycles. The van der Waals surface area contributed by atoms with Crippen LogP contribution in [0.25, 0.3) is 0 Å². The van der Waals surface area contributed by atoms with Crippen LogP contribution in [0.2, 0.25) is 0 Å². The van der Waals surface area contributed by atoms with Crippen LogP contribution in [0.1, 0.15) is 0 Å². The second-order valence-electron chi connectivity index (χ2n) is 1.93. The van der Waals surface area contributed by atoms with E-state index in [9.17, 15) is 31.1 Å². The van der Waals surface area contributed by atoms with Gasteiger partial charge in [-0.3, -0.25) is 4.79 Å². The molecule has 0 bridgehead atoms.